The summed E-state index contributed by atoms with van der Waals surface area (Å²) in [7, 11) is -2.96. The van der Waals surface area contributed by atoms with E-state index in [0.29, 0.717) is 27.5 Å². The second-order valence-electron chi connectivity index (χ2n) is 7.87. The van der Waals surface area contributed by atoms with Gasteiger partial charge in [-0.1, -0.05) is 11.8 Å². The maximum atomic E-state index is 12.8. The number of nitriles is 1. The SMILES string of the molecule is CCOC(=O)N=S(C)(=O)c1ccc(Nc2ncc(C#Cc3ccc(C#N)cc3)c(N[C@H](C)CO)n2)cc1. The highest BCUT2D eigenvalue weighted by molar-refractivity contribution is 7.93. The summed E-state index contributed by atoms with van der Waals surface area (Å²) in [6.45, 7) is 3.49. The molecule has 0 aliphatic carbocycles. The van der Waals surface area contributed by atoms with Crippen LogP contribution in [0.25, 0.3) is 0 Å². The molecule has 0 radical (unpaired) electrons. The monoisotopic (exact) mass is 518 g/mol. The minimum Gasteiger partial charge on any atom is -0.448 e. The molecule has 10 nitrogen and oxygen atoms in total. The molecule has 0 saturated carbocycles. The molecule has 190 valence electrons. The Labute approximate surface area is 215 Å². The van der Waals surface area contributed by atoms with Crippen LogP contribution in [0.15, 0.2) is 64.0 Å². The summed E-state index contributed by atoms with van der Waals surface area (Å²) in [4.78, 5) is 20.8. The lowest BCUT2D eigenvalue weighted by atomic mass is 10.1. The Morgan fingerprint density at radius 3 is 2.46 bits per heavy atom. The van der Waals surface area contributed by atoms with E-state index in [1.54, 1.807) is 68.6 Å². The quantitative estimate of drug-likeness (QED) is 0.396. The lowest BCUT2D eigenvalue weighted by molar-refractivity contribution is 0.164. The molecule has 1 aromatic heterocycles. The van der Waals surface area contributed by atoms with Crippen LogP contribution >= 0.6 is 0 Å². The van der Waals surface area contributed by atoms with E-state index < -0.39 is 15.8 Å². The number of rotatable bonds is 7. The summed E-state index contributed by atoms with van der Waals surface area (Å²) >= 11 is 0. The number of amides is 1. The molecule has 0 bridgehead atoms. The molecule has 37 heavy (non-hydrogen) atoms. The Morgan fingerprint density at radius 2 is 1.84 bits per heavy atom. The Bertz CT molecular complexity index is 1480. The van der Waals surface area contributed by atoms with Gasteiger partial charge in [-0.25, -0.2) is 14.0 Å². The summed E-state index contributed by atoms with van der Waals surface area (Å²) < 4.78 is 21.2. The highest BCUT2D eigenvalue weighted by atomic mass is 32.2. The molecule has 1 amide bonds. The first kappa shape index (κ1) is 27.1. The van der Waals surface area contributed by atoms with E-state index in [2.05, 4.69) is 42.9 Å². The van der Waals surface area contributed by atoms with E-state index in [1.807, 2.05) is 0 Å². The van der Waals surface area contributed by atoms with Crippen LogP contribution in [0.4, 0.5) is 22.2 Å². The van der Waals surface area contributed by atoms with Crippen molar-refractivity contribution in [3.05, 3.63) is 71.4 Å². The van der Waals surface area contributed by atoms with Gasteiger partial charge in [0.2, 0.25) is 5.95 Å². The number of hydrogen-bond donors (Lipinski definition) is 3. The summed E-state index contributed by atoms with van der Waals surface area (Å²) in [6, 6.07) is 15.2. The van der Waals surface area contributed by atoms with Crippen molar-refractivity contribution in [3.63, 3.8) is 0 Å². The zero-order valence-corrected chi connectivity index (χ0v) is 21.4. The zero-order valence-electron chi connectivity index (χ0n) is 20.6. The number of benzene rings is 2. The number of aromatic nitrogens is 2. The number of carbonyl (C=O) groups excluding carboxylic acids is 1. The van der Waals surface area contributed by atoms with Crippen LogP contribution in [-0.4, -0.2) is 50.9 Å². The normalized spacial score (nSPS) is 12.6. The van der Waals surface area contributed by atoms with E-state index in [0.717, 1.165) is 5.56 Å². The number of nitrogens with one attached hydrogen (secondary N) is 2. The van der Waals surface area contributed by atoms with E-state index in [4.69, 9.17) is 10.00 Å². The van der Waals surface area contributed by atoms with Crippen LogP contribution in [0.3, 0.4) is 0 Å². The fraction of sp³-hybridized carbons (Fsp3) is 0.231. The predicted molar refractivity (Wildman–Crippen MR) is 141 cm³/mol. The van der Waals surface area contributed by atoms with Crippen LogP contribution in [0.5, 0.6) is 0 Å². The zero-order chi connectivity index (χ0) is 26.8. The van der Waals surface area contributed by atoms with Crippen molar-refractivity contribution >= 4 is 33.3 Å². The van der Waals surface area contributed by atoms with Crippen molar-refractivity contribution in [2.45, 2.75) is 24.8 Å². The minimum atomic E-state index is -2.96. The van der Waals surface area contributed by atoms with Gasteiger partial charge in [0, 0.05) is 28.4 Å². The molecular formula is C26H26N6O4S. The standard InChI is InChI=1S/C26H26N6O4S/c1-4-36-26(34)32-37(3,35)23-13-11-22(12-14-23)30-25-28-16-21(24(31-25)29-18(2)17-33)10-9-19-5-7-20(15-27)8-6-19/h5-8,11-14,16,18,33H,4,17H2,1-3H3,(H2,28,29,30,31)/t18-,37?/m1/s1. The highest BCUT2D eigenvalue weighted by Crippen LogP contribution is 2.21. The van der Waals surface area contributed by atoms with Gasteiger partial charge in [0.05, 0.1) is 46.3 Å². The minimum absolute atomic E-state index is 0.107. The highest BCUT2D eigenvalue weighted by Gasteiger charge is 2.12. The lowest BCUT2D eigenvalue weighted by Gasteiger charge is -2.14. The van der Waals surface area contributed by atoms with Gasteiger partial charge in [-0.15, -0.1) is 4.36 Å². The first-order valence-electron chi connectivity index (χ1n) is 11.3. The van der Waals surface area contributed by atoms with Gasteiger partial charge in [0.1, 0.15) is 5.82 Å². The molecule has 0 saturated heterocycles. The van der Waals surface area contributed by atoms with Gasteiger partial charge in [-0.3, -0.25) is 0 Å². The average Bonchev–Trinajstić information content (AvgIpc) is 2.88. The molecule has 11 heteroatoms. The van der Waals surface area contributed by atoms with Gasteiger partial charge in [-0.2, -0.15) is 10.2 Å². The van der Waals surface area contributed by atoms with Gasteiger partial charge < -0.3 is 20.5 Å². The maximum absolute atomic E-state index is 12.8. The molecule has 0 spiro atoms. The molecular weight excluding hydrogens is 492 g/mol. The van der Waals surface area contributed by atoms with Crippen molar-refractivity contribution in [3.8, 4) is 17.9 Å². The fourth-order valence-electron chi connectivity index (χ4n) is 2.95. The molecule has 2 atom stereocenters. The van der Waals surface area contributed by atoms with Crippen LogP contribution in [0.2, 0.25) is 0 Å². The lowest BCUT2D eigenvalue weighted by Crippen LogP contribution is -2.21. The van der Waals surface area contributed by atoms with Gasteiger partial charge >= 0.3 is 6.09 Å². The Morgan fingerprint density at radius 1 is 1.16 bits per heavy atom. The second kappa shape index (κ2) is 12.5. The van der Waals surface area contributed by atoms with Gasteiger partial charge in [-0.05, 0) is 62.4 Å². The maximum Gasteiger partial charge on any atom is 0.442 e. The summed E-state index contributed by atoms with van der Waals surface area (Å²) in [5.74, 6) is 6.76. The number of anilines is 3. The fourth-order valence-corrected chi connectivity index (χ4v) is 4.04. The largest absolute Gasteiger partial charge is 0.448 e. The van der Waals surface area contributed by atoms with Crippen LogP contribution in [-0.2, 0) is 14.5 Å². The first-order chi connectivity index (χ1) is 17.7. The van der Waals surface area contributed by atoms with E-state index >= 15 is 0 Å². The van der Waals surface area contributed by atoms with Crippen molar-refractivity contribution in [2.24, 2.45) is 4.36 Å². The van der Waals surface area contributed by atoms with E-state index in [9.17, 15) is 14.1 Å². The molecule has 0 aliphatic heterocycles. The number of nitrogens with zero attached hydrogens (tertiary/aromatic N) is 4. The first-order valence-corrected chi connectivity index (χ1v) is 13.2. The second-order valence-corrected chi connectivity index (χ2v) is 10.1. The topological polar surface area (TPSA) is 150 Å². The average molecular weight is 519 g/mol. The van der Waals surface area contributed by atoms with Crippen molar-refractivity contribution in [1.29, 1.82) is 5.26 Å². The third-order valence-corrected chi connectivity index (χ3v) is 6.51. The third kappa shape index (κ3) is 7.77. The molecule has 3 aromatic rings. The molecule has 3 rings (SSSR count). The van der Waals surface area contributed by atoms with Crippen LogP contribution in [0.1, 0.15) is 30.5 Å². The number of aliphatic hydroxyl groups excluding tert-OH is 1. The molecule has 3 N–H and O–H groups in total. The molecule has 2 aromatic carbocycles. The van der Waals surface area contributed by atoms with Crippen molar-refractivity contribution in [1.82, 2.24) is 9.97 Å². The van der Waals surface area contributed by atoms with E-state index in [1.165, 1.54) is 6.26 Å². The summed E-state index contributed by atoms with van der Waals surface area (Å²) in [5.41, 5.74) is 2.42. The number of hydrogen-bond acceptors (Lipinski definition) is 9. The van der Waals surface area contributed by atoms with Gasteiger partial charge in [0.15, 0.2) is 0 Å². The smallest absolute Gasteiger partial charge is 0.442 e. The van der Waals surface area contributed by atoms with Crippen LogP contribution < -0.4 is 10.6 Å². The summed E-state index contributed by atoms with van der Waals surface area (Å²) in [6.07, 6.45) is 2.06. The number of aliphatic hydroxyl groups is 1. The van der Waals surface area contributed by atoms with Crippen molar-refractivity contribution < 1.29 is 18.8 Å². The molecule has 1 heterocycles. The third-order valence-electron chi connectivity index (χ3n) is 4.87. The summed E-state index contributed by atoms with van der Waals surface area (Å²) in [5, 5.41) is 24.6. The number of carbonyl (C=O) groups is 1. The van der Waals surface area contributed by atoms with Gasteiger partial charge in [0.25, 0.3) is 0 Å². The molecule has 1 unspecified atom stereocenters. The van der Waals surface area contributed by atoms with Crippen LogP contribution in [0, 0.1) is 23.2 Å². The predicted octanol–water partition coefficient (Wildman–Crippen LogP) is 3.90. The van der Waals surface area contributed by atoms with Crippen molar-refractivity contribution in [2.75, 3.05) is 30.1 Å². The van der Waals surface area contributed by atoms with E-state index in [-0.39, 0.29) is 25.2 Å². The Kier molecular flexibility index (Phi) is 9.16. The number of ether oxygens (including phenoxy) is 1. The Balaban J connectivity index is 1.84. The Hall–Kier alpha value is -4.45. The molecule has 0 fully saturated rings. The molecule has 0 aliphatic rings.